The molecule has 1 unspecified atom stereocenters. The smallest absolute Gasteiger partial charge is 0.257 e. The predicted molar refractivity (Wildman–Crippen MR) is 105 cm³/mol. The molecule has 2 aromatic rings. The van der Waals surface area contributed by atoms with Gasteiger partial charge in [-0.3, -0.25) is 14.2 Å². The van der Waals surface area contributed by atoms with Crippen molar-refractivity contribution in [3.63, 3.8) is 0 Å². The first-order valence-electron chi connectivity index (χ1n) is 9.08. The normalized spacial score (nSPS) is 18.3. The molecule has 1 fully saturated rings. The second kappa shape index (κ2) is 7.34. The van der Waals surface area contributed by atoms with Crippen LogP contribution in [-0.4, -0.2) is 47.3 Å². The minimum Gasteiger partial charge on any atom is -0.337 e. The van der Waals surface area contributed by atoms with Gasteiger partial charge in [-0.05, 0) is 45.7 Å². The Morgan fingerprint density at radius 2 is 1.93 bits per heavy atom. The maximum Gasteiger partial charge on any atom is 0.257 e. The molecule has 0 aliphatic carbocycles. The quantitative estimate of drug-likeness (QED) is 0.870. The molecule has 1 saturated heterocycles. The standard InChI is InChI=1S/C19H26N4O3S/c1-19(2,3)23-13-15(12-20-23)18(24)22-11-7-10-17(14-22)27(25,26)21-16-8-5-4-6-9-16/h4-6,8-9,12-13,17,21H,7,10-11,14H2,1-3H3. The highest BCUT2D eigenvalue weighted by Crippen LogP contribution is 2.22. The van der Waals surface area contributed by atoms with Crippen molar-refractivity contribution in [2.75, 3.05) is 17.8 Å². The number of aromatic nitrogens is 2. The Labute approximate surface area is 160 Å². The second-order valence-electron chi connectivity index (χ2n) is 7.87. The Kier molecular flexibility index (Phi) is 5.28. The number of nitrogens with zero attached hydrogens (tertiary/aromatic N) is 3. The molecule has 0 saturated carbocycles. The predicted octanol–water partition coefficient (Wildman–Crippen LogP) is 2.68. The van der Waals surface area contributed by atoms with Crippen molar-refractivity contribution in [1.29, 1.82) is 0 Å². The highest BCUT2D eigenvalue weighted by atomic mass is 32.2. The Hall–Kier alpha value is -2.35. The summed E-state index contributed by atoms with van der Waals surface area (Å²) in [5, 5.41) is 3.63. The van der Waals surface area contributed by atoms with Crippen LogP contribution in [0.4, 0.5) is 5.69 Å². The zero-order chi connectivity index (χ0) is 19.7. The maximum atomic E-state index is 12.8. The highest BCUT2D eigenvalue weighted by Gasteiger charge is 2.33. The molecule has 0 bridgehead atoms. The molecule has 1 amide bonds. The first-order valence-corrected chi connectivity index (χ1v) is 10.6. The van der Waals surface area contributed by atoms with E-state index in [1.54, 1.807) is 46.2 Å². The molecule has 146 valence electrons. The Bertz CT molecular complexity index is 901. The van der Waals surface area contributed by atoms with Gasteiger partial charge in [-0.1, -0.05) is 18.2 Å². The van der Waals surface area contributed by atoms with Crippen molar-refractivity contribution >= 4 is 21.6 Å². The van der Waals surface area contributed by atoms with Gasteiger partial charge in [-0.15, -0.1) is 0 Å². The molecule has 0 radical (unpaired) electrons. The van der Waals surface area contributed by atoms with Gasteiger partial charge in [0.25, 0.3) is 5.91 Å². The van der Waals surface area contributed by atoms with Crippen LogP contribution in [-0.2, 0) is 15.6 Å². The van der Waals surface area contributed by atoms with E-state index >= 15 is 0 Å². The average Bonchev–Trinajstić information content (AvgIpc) is 3.12. The summed E-state index contributed by atoms with van der Waals surface area (Å²) in [5.41, 5.74) is 0.803. The number of anilines is 1. The zero-order valence-corrected chi connectivity index (χ0v) is 16.7. The molecule has 2 heterocycles. The Morgan fingerprint density at radius 3 is 2.56 bits per heavy atom. The van der Waals surface area contributed by atoms with E-state index in [4.69, 9.17) is 0 Å². The van der Waals surface area contributed by atoms with Gasteiger partial charge in [0.05, 0.1) is 22.5 Å². The van der Waals surface area contributed by atoms with Crippen LogP contribution in [0.2, 0.25) is 0 Å². The lowest BCUT2D eigenvalue weighted by atomic mass is 10.1. The van der Waals surface area contributed by atoms with Gasteiger partial charge >= 0.3 is 0 Å². The number of para-hydroxylation sites is 1. The number of amides is 1. The van der Waals surface area contributed by atoms with Crippen molar-refractivity contribution in [2.24, 2.45) is 0 Å². The van der Waals surface area contributed by atoms with Crippen LogP contribution in [0.3, 0.4) is 0 Å². The Balaban J connectivity index is 1.72. The number of hydrogen-bond donors (Lipinski definition) is 1. The molecule has 27 heavy (non-hydrogen) atoms. The number of rotatable bonds is 4. The van der Waals surface area contributed by atoms with E-state index in [9.17, 15) is 13.2 Å². The molecule has 1 aliphatic rings. The zero-order valence-electron chi connectivity index (χ0n) is 15.9. The van der Waals surface area contributed by atoms with E-state index in [0.29, 0.717) is 30.6 Å². The van der Waals surface area contributed by atoms with Crippen molar-refractivity contribution in [3.05, 3.63) is 48.3 Å². The summed E-state index contributed by atoms with van der Waals surface area (Å²) in [5.74, 6) is -0.176. The molecule has 7 nitrogen and oxygen atoms in total. The van der Waals surface area contributed by atoms with Gasteiger partial charge in [-0.25, -0.2) is 8.42 Å². The van der Waals surface area contributed by atoms with Crippen LogP contribution >= 0.6 is 0 Å². The summed E-state index contributed by atoms with van der Waals surface area (Å²) in [6, 6.07) is 8.81. The molecule has 1 atom stereocenters. The summed E-state index contributed by atoms with van der Waals surface area (Å²) in [4.78, 5) is 14.4. The third kappa shape index (κ3) is 4.50. The van der Waals surface area contributed by atoms with E-state index in [0.717, 1.165) is 0 Å². The summed E-state index contributed by atoms with van der Waals surface area (Å²) in [7, 11) is -3.57. The topological polar surface area (TPSA) is 84.3 Å². The van der Waals surface area contributed by atoms with E-state index in [1.807, 2.05) is 26.8 Å². The molecule has 1 aromatic heterocycles. The number of nitrogens with one attached hydrogen (secondary N) is 1. The van der Waals surface area contributed by atoms with Crippen LogP contribution in [0.1, 0.15) is 44.0 Å². The lowest BCUT2D eigenvalue weighted by Crippen LogP contribution is -2.46. The molecular weight excluding hydrogens is 364 g/mol. The summed E-state index contributed by atoms with van der Waals surface area (Å²) >= 11 is 0. The van der Waals surface area contributed by atoms with Crippen molar-refractivity contribution in [2.45, 2.75) is 44.4 Å². The molecule has 1 aromatic carbocycles. The largest absolute Gasteiger partial charge is 0.337 e. The van der Waals surface area contributed by atoms with Crippen molar-refractivity contribution < 1.29 is 13.2 Å². The first kappa shape index (κ1) is 19.4. The van der Waals surface area contributed by atoms with E-state index in [-0.39, 0.29) is 18.0 Å². The van der Waals surface area contributed by atoms with Gasteiger partial charge in [0.2, 0.25) is 10.0 Å². The number of sulfonamides is 1. The molecule has 8 heteroatoms. The Morgan fingerprint density at radius 1 is 1.22 bits per heavy atom. The van der Waals surface area contributed by atoms with Gasteiger partial charge < -0.3 is 4.90 Å². The van der Waals surface area contributed by atoms with E-state index in [1.165, 1.54) is 0 Å². The molecule has 1 N–H and O–H groups in total. The summed E-state index contributed by atoms with van der Waals surface area (Å²) in [6.07, 6.45) is 4.46. The first-order chi connectivity index (χ1) is 12.7. The highest BCUT2D eigenvalue weighted by molar-refractivity contribution is 7.93. The van der Waals surface area contributed by atoms with Gasteiger partial charge in [0.1, 0.15) is 0 Å². The second-order valence-corrected chi connectivity index (χ2v) is 9.83. The lowest BCUT2D eigenvalue weighted by molar-refractivity contribution is 0.0727. The number of benzene rings is 1. The monoisotopic (exact) mass is 390 g/mol. The number of hydrogen-bond acceptors (Lipinski definition) is 4. The molecule has 0 spiro atoms. The van der Waals surface area contributed by atoms with Gasteiger partial charge in [0.15, 0.2) is 0 Å². The minimum atomic E-state index is -3.57. The fourth-order valence-corrected chi connectivity index (χ4v) is 4.60. The van der Waals surface area contributed by atoms with Gasteiger partial charge in [-0.2, -0.15) is 5.10 Å². The van der Waals surface area contributed by atoms with Crippen LogP contribution < -0.4 is 4.72 Å². The third-order valence-corrected chi connectivity index (χ3v) is 6.44. The van der Waals surface area contributed by atoms with Crippen molar-refractivity contribution in [3.8, 4) is 0 Å². The van der Waals surface area contributed by atoms with E-state index in [2.05, 4.69) is 9.82 Å². The maximum absolute atomic E-state index is 12.8. The van der Waals surface area contributed by atoms with E-state index < -0.39 is 15.3 Å². The SMILES string of the molecule is CC(C)(C)n1cc(C(=O)N2CCCC(S(=O)(=O)Nc3ccccc3)C2)cn1. The number of carbonyl (C=O) groups excluding carboxylic acids is 1. The van der Waals surface area contributed by atoms with Crippen LogP contribution in [0.25, 0.3) is 0 Å². The van der Waals surface area contributed by atoms with Crippen molar-refractivity contribution in [1.82, 2.24) is 14.7 Å². The van der Waals surface area contributed by atoms with Crippen LogP contribution in [0.5, 0.6) is 0 Å². The lowest BCUT2D eigenvalue weighted by Gasteiger charge is -2.32. The summed E-state index contributed by atoms with van der Waals surface area (Å²) < 4.78 is 29.8. The van der Waals surface area contributed by atoms with Crippen LogP contribution in [0, 0.1) is 0 Å². The molecule has 1 aliphatic heterocycles. The number of likely N-dealkylation sites (tertiary alicyclic amines) is 1. The molecule has 3 rings (SSSR count). The fraction of sp³-hybridized carbons (Fsp3) is 0.474. The number of carbonyl (C=O) groups is 1. The third-order valence-electron chi connectivity index (χ3n) is 4.65. The van der Waals surface area contributed by atoms with Gasteiger partial charge in [0, 0.05) is 25.0 Å². The summed E-state index contributed by atoms with van der Waals surface area (Å²) in [6.45, 7) is 6.76. The number of piperidine rings is 1. The fourth-order valence-electron chi connectivity index (χ4n) is 3.11. The molecular formula is C19H26N4O3S. The average molecular weight is 391 g/mol. The minimum absolute atomic E-state index is 0.176. The van der Waals surface area contributed by atoms with Crippen LogP contribution in [0.15, 0.2) is 42.7 Å².